The molecule has 0 bridgehead atoms. The SMILES string of the molecule is CCCOc1ccc(C(=O)CCC)c2c1CCCC2. The summed E-state index contributed by atoms with van der Waals surface area (Å²) < 4.78 is 5.84. The highest BCUT2D eigenvalue weighted by molar-refractivity contribution is 5.98. The molecule has 0 radical (unpaired) electrons. The molecule has 0 unspecified atom stereocenters. The van der Waals surface area contributed by atoms with Gasteiger partial charge in [0, 0.05) is 12.0 Å². The molecule has 0 N–H and O–H groups in total. The Morgan fingerprint density at radius 1 is 1.11 bits per heavy atom. The van der Waals surface area contributed by atoms with Gasteiger partial charge in [-0.2, -0.15) is 0 Å². The molecule has 2 heteroatoms. The number of carbonyl (C=O) groups excluding carboxylic acids is 1. The Bertz CT molecular complexity index is 449. The Morgan fingerprint density at radius 2 is 1.84 bits per heavy atom. The van der Waals surface area contributed by atoms with Gasteiger partial charge in [0.05, 0.1) is 6.61 Å². The molecular weight excluding hydrogens is 236 g/mol. The van der Waals surface area contributed by atoms with Crippen LogP contribution in [0.4, 0.5) is 0 Å². The molecule has 2 nitrogen and oxygen atoms in total. The van der Waals surface area contributed by atoms with E-state index in [0.29, 0.717) is 12.2 Å². The lowest BCUT2D eigenvalue weighted by Gasteiger charge is -2.22. The predicted octanol–water partition coefficient (Wildman–Crippen LogP) is 4.34. The van der Waals surface area contributed by atoms with Gasteiger partial charge >= 0.3 is 0 Å². The Balaban J connectivity index is 2.34. The number of rotatable bonds is 6. The minimum atomic E-state index is 0.294. The van der Waals surface area contributed by atoms with E-state index >= 15 is 0 Å². The van der Waals surface area contributed by atoms with Gasteiger partial charge < -0.3 is 4.74 Å². The van der Waals surface area contributed by atoms with Crippen molar-refractivity contribution in [1.82, 2.24) is 0 Å². The van der Waals surface area contributed by atoms with Crippen LogP contribution in [0.25, 0.3) is 0 Å². The van der Waals surface area contributed by atoms with E-state index < -0.39 is 0 Å². The molecule has 0 aliphatic heterocycles. The highest BCUT2D eigenvalue weighted by Crippen LogP contribution is 2.33. The molecule has 0 atom stereocenters. The number of fused-ring (bicyclic) bond motifs is 1. The van der Waals surface area contributed by atoms with E-state index in [1.807, 2.05) is 12.1 Å². The van der Waals surface area contributed by atoms with Crippen LogP contribution in [0.15, 0.2) is 12.1 Å². The molecule has 1 aromatic rings. The van der Waals surface area contributed by atoms with Crippen molar-refractivity contribution in [2.45, 2.75) is 58.8 Å². The third-order valence-corrected chi connectivity index (χ3v) is 3.73. The highest BCUT2D eigenvalue weighted by atomic mass is 16.5. The monoisotopic (exact) mass is 260 g/mol. The second-order valence-electron chi connectivity index (χ2n) is 5.30. The van der Waals surface area contributed by atoms with Crippen LogP contribution in [0, 0.1) is 0 Å². The smallest absolute Gasteiger partial charge is 0.163 e. The number of ketones is 1. The molecular formula is C17H24O2. The van der Waals surface area contributed by atoms with Gasteiger partial charge in [-0.25, -0.2) is 0 Å². The number of carbonyl (C=O) groups is 1. The van der Waals surface area contributed by atoms with Crippen LogP contribution in [-0.2, 0) is 12.8 Å². The number of ether oxygens (including phenoxy) is 1. The fourth-order valence-electron chi connectivity index (χ4n) is 2.80. The van der Waals surface area contributed by atoms with Gasteiger partial charge in [-0.05, 0) is 61.8 Å². The van der Waals surface area contributed by atoms with Crippen molar-refractivity contribution in [2.75, 3.05) is 6.61 Å². The van der Waals surface area contributed by atoms with Crippen LogP contribution >= 0.6 is 0 Å². The van der Waals surface area contributed by atoms with Crippen molar-refractivity contribution in [1.29, 1.82) is 0 Å². The topological polar surface area (TPSA) is 26.3 Å². The summed E-state index contributed by atoms with van der Waals surface area (Å²) in [5.41, 5.74) is 3.50. The Labute approximate surface area is 116 Å². The number of hydrogen-bond acceptors (Lipinski definition) is 2. The van der Waals surface area contributed by atoms with Crippen LogP contribution in [0.3, 0.4) is 0 Å². The van der Waals surface area contributed by atoms with Gasteiger partial charge in [0.25, 0.3) is 0 Å². The van der Waals surface area contributed by atoms with Gasteiger partial charge in [-0.3, -0.25) is 4.79 Å². The first-order valence-electron chi connectivity index (χ1n) is 7.58. The fourth-order valence-corrected chi connectivity index (χ4v) is 2.80. The number of benzene rings is 1. The zero-order valence-corrected chi connectivity index (χ0v) is 12.1. The minimum Gasteiger partial charge on any atom is -0.493 e. The van der Waals surface area contributed by atoms with Crippen molar-refractivity contribution in [2.24, 2.45) is 0 Å². The van der Waals surface area contributed by atoms with E-state index in [4.69, 9.17) is 4.74 Å². The van der Waals surface area contributed by atoms with Crippen LogP contribution < -0.4 is 4.74 Å². The summed E-state index contributed by atoms with van der Waals surface area (Å²) in [6, 6.07) is 3.98. The highest BCUT2D eigenvalue weighted by Gasteiger charge is 2.20. The van der Waals surface area contributed by atoms with Crippen LogP contribution in [0.5, 0.6) is 5.75 Å². The van der Waals surface area contributed by atoms with Crippen LogP contribution in [-0.4, -0.2) is 12.4 Å². The molecule has 0 heterocycles. The molecule has 0 saturated carbocycles. The van der Waals surface area contributed by atoms with Crippen molar-refractivity contribution >= 4 is 5.78 Å². The molecule has 0 saturated heterocycles. The molecule has 19 heavy (non-hydrogen) atoms. The van der Waals surface area contributed by atoms with E-state index in [9.17, 15) is 4.79 Å². The fraction of sp³-hybridized carbons (Fsp3) is 0.588. The third-order valence-electron chi connectivity index (χ3n) is 3.73. The summed E-state index contributed by atoms with van der Waals surface area (Å²) in [7, 11) is 0. The zero-order chi connectivity index (χ0) is 13.7. The van der Waals surface area contributed by atoms with Gasteiger partial charge in [0.1, 0.15) is 5.75 Å². The summed E-state index contributed by atoms with van der Waals surface area (Å²) in [6.45, 7) is 4.93. The average molecular weight is 260 g/mol. The van der Waals surface area contributed by atoms with E-state index in [2.05, 4.69) is 13.8 Å². The molecule has 1 aliphatic carbocycles. The first kappa shape index (κ1) is 14.1. The Hall–Kier alpha value is -1.31. The second kappa shape index (κ2) is 6.74. The van der Waals surface area contributed by atoms with E-state index in [1.54, 1.807) is 0 Å². The lowest BCUT2D eigenvalue weighted by atomic mass is 9.85. The summed E-state index contributed by atoms with van der Waals surface area (Å²) >= 11 is 0. The van der Waals surface area contributed by atoms with Gasteiger partial charge in [0.2, 0.25) is 0 Å². The first-order chi connectivity index (χ1) is 9.27. The minimum absolute atomic E-state index is 0.294. The van der Waals surface area contributed by atoms with Crippen LogP contribution in [0.1, 0.15) is 67.4 Å². The molecule has 1 aromatic carbocycles. The lowest BCUT2D eigenvalue weighted by molar-refractivity contribution is 0.0980. The standard InChI is InChI=1S/C17H24O2/c1-3-7-16(18)14-10-11-17(19-12-4-2)15-9-6-5-8-13(14)15/h10-11H,3-9,12H2,1-2H3. The third kappa shape index (κ3) is 3.17. The molecule has 1 aliphatic rings. The summed E-state index contributed by atoms with van der Waals surface area (Å²) in [5.74, 6) is 1.30. The van der Waals surface area contributed by atoms with Crippen molar-refractivity contribution in [3.8, 4) is 5.75 Å². The van der Waals surface area contributed by atoms with E-state index in [-0.39, 0.29) is 0 Å². The molecule has 104 valence electrons. The van der Waals surface area contributed by atoms with E-state index in [0.717, 1.165) is 43.6 Å². The number of Topliss-reactive ketones (excluding diaryl/α,β-unsaturated/α-hetero) is 1. The average Bonchev–Trinajstić information content (AvgIpc) is 2.45. The number of hydrogen-bond donors (Lipinski definition) is 0. The summed E-state index contributed by atoms with van der Waals surface area (Å²) in [5, 5.41) is 0. The summed E-state index contributed by atoms with van der Waals surface area (Å²) in [6.07, 6.45) is 7.08. The van der Waals surface area contributed by atoms with Crippen molar-refractivity contribution in [3.63, 3.8) is 0 Å². The first-order valence-corrected chi connectivity index (χ1v) is 7.58. The Morgan fingerprint density at radius 3 is 2.53 bits per heavy atom. The largest absolute Gasteiger partial charge is 0.493 e. The maximum absolute atomic E-state index is 12.2. The van der Waals surface area contributed by atoms with Crippen molar-refractivity contribution in [3.05, 3.63) is 28.8 Å². The second-order valence-corrected chi connectivity index (χ2v) is 5.30. The maximum atomic E-state index is 12.2. The molecule has 0 amide bonds. The lowest BCUT2D eigenvalue weighted by Crippen LogP contribution is -2.13. The maximum Gasteiger partial charge on any atom is 0.163 e. The van der Waals surface area contributed by atoms with E-state index in [1.165, 1.54) is 24.0 Å². The van der Waals surface area contributed by atoms with Gasteiger partial charge in [0.15, 0.2) is 5.78 Å². The zero-order valence-electron chi connectivity index (χ0n) is 12.1. The van der Waals surface area contributed by atoms with Crippen molar-refractivity contribution < 1.29 is 9.53 Å². The predicted molar refractivity (Wildman–Crippen MR) is 78.1 cm³/mol. The van der Waals surface area contributed by atoms with Gasteiger partial charge in [-0.1, -0.05) is 13.8 Å². The Kier molecular flexibility index (Phi) is 5.00. The molecule has 0 aromatic heterocycles. The normalized spacial score (nSPS) is 14.0. The van der Waals surface area contributed by atoms with Gasteiger partial charge in [-0.15, -0.1) is 0 Å². The molecule has 0 fully saturated rings. The molecule has 2 rings (SSSR count). The van der Waals surface area contributed by atoms with Crippen LogP contribution in [0.2, 0.25) is 0 Å². The molecule has 0 spiro atoms. The summed E-state index contributed by atoms with van der Waals surface area (Å²) in [4.78, 5) is 12.2. The quantitative estimate of drug-likeness (QED) is 0.711.